The first kappa shape index (κ1) is 22.5. The summed E-state index contributed by atoms with van der Waals surface area (Å²) in [5.41, 5.74) is 0.0966. The van der Waals surface area contributed by atoms with Crippen LogP contribution in [-0.2, 0) is 12.7 Å². The molecule has 1 saturated heterocycles. The molecule has 1 aliphatic heterocycles. The fraction of sp³-hybridized carbons (Fsp3) is 0.650. The molecule has 0 radical (unpaired) electrons. The highest BCUT2D eigenvalue weighted by molar-refractivity contribution is 5.80. The van der Waals surface area contributed by atoms with E-state index < -0.39 is 11.7 Å². The van der Waals surface area contributed by atoms with Gasteiger partial charge in [0.25, 0.3) is 0 Å². The van der Waals surface area contributed by atoms with Crippen LogP contribution >= 0.6 is 0 Å². The van der Waals surface area contributed by atoms with E-state index in [0.717, 1.165) is 44.5 Å². The molecule has 28 heavy (non-hydrogen) atoms. The summed E-state index contributed by atoms with van der Waals surface area (Å²) in [6.45, 7) is 7.54. The second-order valence-corrected chi connectivity index (χ2v) is 7.40. The van der Waals surface area contributed by atoms with Gasteiger partial charge in [-0.15, -0.1) is 0 Å². The second-order valence-electron chi connectivity index (χ2n) is 7.40. The molecule has 0 spiro atoms. The zero-order valence-electron chi connectivity index (χ0n) is 16.6. The first-order valence-electron chi connectivity index (χ1n) is 9.86. The highest BCUT2D eigenvalue weighted by atomic mass is 19.4. The predicted octanol–water partition coefficient (Wildman–Crippen LogP) is 2.85. The number of alkyl halides is 3. The molecule has 1 unspecified atom stereocenters. The smallest absolute Gasteiger partial charge is 0.396 e. The number of rotatable bonds is 7. The van der Waals surface area contributed by atoms with Crippen molar-refractivity contribution >= 4 is 5.96 Å². The zero-order valence-corrected chi connectivity index (χ0v) is 16.6. The number of nitrogens with zero attached hydrogens (tertiary/aromatic N) is 2. The standard InChI is InChI=1S/C20H31F3N4O/c1-3-24-19(25-12-15(2)14-28)26-18-7-9-27(10-8-18)13-16-5-4-6-17(11-16)20(21,22)23/h4-6,11,15,18,28H,3,7-10,12-14H2,1-2H3,(H2,24,25,26). The monoisotopic (exact) mass is 400 g/mol. The Morgan fingerprint density at radius 1 is 1.32 bits per heavy atom. The fourth-order valence-electron chi connectivity index (χ4n) is 3.16. The molecular formula is C20H31F3N4O. The molecule has 1 heterocycles. The summed E-state index contributed by atoms with van der Waals surface area (Å²) >= 11 is 0. The topological polar surface area (TPSA) is 59.9 Å². The van der Waals surface area contributed by atoms with Crippen LogP contribution in [0.25, 0.3) is 0 Å². The van der Waals surface area contributed by atoms with Gasteiger partial charge in [0.1, 0.15) is 0 Å². The van der Waals surface area contributed by atoms with Crippen LogP contribution in [0.1, 0.15) is 37.8 Å². The number of hydrogen-bond donors (Lipinski definition) is 3. The summed E-state index contributed by atoms with van der Waals surface area (Å²) in [5.74, 6) is 0.865. The van der Waals surface area contributed by atoms with E-state index in [-0.39, 0.29) is 18.6 Å². The number of guanidine groups is 1. The summed E-state index contributed by atoms with van der Waals surface area (Å²) in [6.07, 6.45) is -2.50. The Morgan fingerprint density at radius 3 is 2.64 bits per heavy atom. The summed E-state index contributed by atoms with van der Waals surface area (Å²) in [7, 11) is 0. The van der Waals surface area contributed by atoms with Crippen molar-refractivity contribution in [3.8, 4) is 0 Å². The molecule has 0 amide bonds. The maximum Gasteiger partial charge on any atom is 0.416 e. The lowest BCUT2D eigenvalue weighted by Crippen LogP contribution is -2.48. The van der Waals surface area contributed by atoms with Gasteiger partial charge in [-0.2, -0.15) is 13.2 Å². The number of aliphatic imine (C=N–C) groups is 1. The van der Waals surface area contributed by atoms with Crippen molar-refractivity contribution in [1.82, 2.24) is 15.5 Å². The molecule has 5 nitrogen and oxygen atoms in total. The van der Waals surface area contributed by atoms with Crippen molar-refractivity contribution in [2.75, 3.05) is 32.8 Å². The number of aliphatic hydroxyl groups excluding tert-OH is 1. The molecule has 2 rings (SSSR count). The molecule has 0 aliphatic carbocycles. The maximum absolute atomic E-state index is 12.9. The molecule has 1 atom stereocenters. The van der Waals surface area contributed by atoms with Crippen molar-refractivity contribution in [3.63, 3.8) is 0 Å². The highest BCUT2D eigenvalue weighted by Gasteiger charge is 2.30. The third-order valence-corrected chi connectivity index (χ3v) is 4.81. The van der Waals surface area contributed by atoms with Gasteiger partial charge in [0.05, 0.1) is 5.56 Å². The fourth-order valence-corrected chi connectivity index (χ4v) is 3.16. The Bertz CT molecular complexity index is 628. The van der Waals surface area contributed by atoms with Gasteiger partial charge in [0.2, 0.25) is 0 Å². The van der Waals surface area contributed by atoms with Gasteiger partial charge in [-0.25, -0.2) is 0 Å². The number of likely N-dealkylation sites (tertiary alicyclic amines) is 1. The van der Waals surface area contributed by atoms with Gasteiger partial charge >= 0.3 is 6.18 Å². The van der Waals surface area contributed by atoms with Crippen molar-refractivity contribution < 1.29 is 18.3 Å². The second kappa shape index (κ2) is 10.7. The van der Waals surface area contributed by atoms with Crippen molar-refractivity contribution in [1.29, 1.82) is 0 Å². The normalized spacial score (nSPS) is 18.1. The SMILES string of the molecule is CCNC(=NCC(C)CO)NC1CCN(Cc2cccc(C(F)(F)F)c2)CC1. The molecule has 1 aliphatic rings. The number of benzene rings is 1. The number of halogens is 3. The van der Waals surface area contributed by atoms with Crippen LogP contribution < -0.4 is 10.6 Å². The minimum Gasteiger partial charge on any atom is -0.396 e. The molecule has 1 aromatic rings. The van der Waals surface area contributed by atoms with Crippen LogP contribution in [0.2, 0.25) is 0 Å². The maximum atomic E-state index is 12.9. The lowest BCUT2D eigenvalue weighted by atomic mass is 10.0. The Kier molecular flexibility index (Phi) is 8.57. The highest BCUT2D eigenvalue weighted by Crippen LogP contribution is 2.30. The average molecular weight is 400 g/mol. The van der Waals surface area contributed by atoms with Gasteiger partial charge in [-0.1, -0.05) is 25.1 Å². The molecule has 1 fully saturated rings. The molecule has 158 valence electrons. The van der Waals surface area contributed by atoms with Crippen LogP contribution in [-0.4, -0.2) is 54.8 Å². The van der Waals surface area contributed by atoms with Gasteiger partial charge in [-0.3, -0.25) is 9.89 Å². The van der Waals surface area contributed by atoms with Crippen LogP contribution in [0.15, 0.2) is 29.3 Å². The van der Waals surface area contributed by atoms with Crippen molar-refractivity contribution in [3.05, 3.63) is 35.4 Å². The van der Waals surface area contributed by atoms with Gasteiger partial charge in [-0.05, 0) is 37.3 Å². The van der Waals surface area contributed by atoms with Crippen molar-refractivity contribution in [2.45, 2.75) is 45.5 Å². The van der Waals surface area contributed by atoms with Crippen LogP contribution in [0.3, 0.4) is 0 Å². The quantitative estimate of drug-likeness (QED) is 0.487. The predicted molar refractivity (Wildman–Crippen MR) is 105 cm³/mol. The van der Waals surface area contributed by atoms with E-state index in [1.807, 2.05) is 13.8 Å². The third kappa shape index (κ3) is 7.31. The largest absolute Gasteiger partial charge is 0.416 e. The van der Waals surface area contributed by atoms with E-state index in [0.29, 0.717) is 18.7 Å². The zero-order chi connectivity index (χ0) is 20.6. The van der Waals surface area contributed by atoms with E-state index in [1.54, 1.807) is 6.07 Å². The molecular weight excluding hydrogens is 369 g/mol. The molecule has 0 bridgehead atoms. The lowest BCUT2D eigenvalue weighted by Gasteiger charge is -2.33. The minimum atomic E-state index is -4.30. The van der Waals surface area contributed by atoms with Crippen LogP contribution in [0.4, 0.5) is 13.2 Å². The Morgan fingerprint density at radius 2 is 2.04 bits per heavy atom. The number of hydrogen-bond acceptors (Lipinski definition) is 3. The van der Waals surface area contributed by atoms with Crippen LogP contribution in [0.5, 0.6) is 0 Å². The first-order chi connectivity index (χ1) is 13.3. The Labute approximate surface area is 165 Å². The molecule has 3 N–H and O–H groups in total. The summed E-state index contributed by atoms with van der Waals surface area (Å²) in [4.78, 5) is 6.70. The molecule has 1 aromatic carbocycles. The Balaban J connectivity index is 1.85. The van der Waals surface area contributed by atoms with Crippen molar-refractivity contribution in [2.24, 2.45) is 10.9 Å². The summed E-state index contributed by atoms with van der Waals surface area (Å²) in [6, 6.07) is 5.85. The number of piperidine rings is 1. The molecule has 8 heteroatoms. The van der Waals surface area contributed by atoms with E-state index in [2.05, 4.69) is 20.5 Å². The van der Waals surface area contributed by atoms with Gasteiger partial charge in [0, 0.05) is 45.4 Å². The molecule has 0 saturated carbocycles. The lowest BCUT2D eigenvalue weighted by molar-refractivity contribution is -0.137. The van der Waals surface area contributed by atoms with E-state index >= 15 is 0 Å². The minimum absolute atomic E-state index is 0.108. The van der Waals surface area contributed by atoms with Gasteiger partial charge < -0.3 is 15.7 Å². The van der Waals surface area contributed by atoms with E-state index in [4.69, 9.17) is 5.11 Å². The summed E-state index contributed by atoms with van der Waals surface area (Å²) in [5, 5.41) is 15.8. The van der Waals surface area contributed by atoms with Crippen LogP contribution in [0, 0.1) is 5.92 Å². The third-order valence-electron chi connectivity index (χ3n) is 4.81. The Hall–Kier alpha value is -1.80. The van der Waals surface area contributed by atoms with E-state index in [9.17, 15) is 13.2 Å². The average Bonchev–Trinajstić information content (AvgIpc) is 2.67. The number of aliphatic hydroxyl groups is 1. The van der Waals surface area contributed by atoms with E-state index in [1.165, 1.54) is 12.1 Å². The summed E-state index contributed by atoms with van der Waals surface area (Å²) < 4.78 is 38.6. The number of nitrogens with one attached hydrogen (secondary N) is 2. The van der Waals surface area contributed by atoms with Gasteiger partial charge in [0.15, 0.2) is 5.96 Å². The molecule has 0 aromatic heterocycles. The first-order valence-corrected chi connectivity index (χ1v) is 9.86.